The predicted molar refractivity (Wildman–Crippen MR) is 51.4 cm³/mol. The highest BCUT2D eigenvalue weighted by atomic mass is 35.5. The van der Waals surface area contributed by atoms with E-state index >= 15 is 0 Å². The second kappa shape index (κ2) is 5.14. The largest absolute Gasteiger partial charge is 0.452 e. The van der Waals surface area contributed by atoms with Gasteiger partial charge in [-0.05, 0) is 24.1 Å². The van der Waals surface area contributed by atoms with E-state index in [-0.39, 0.29) is 11.1 Å². The lowest BCUT2D eigenvalue weighted by Crippen LogP contribution is -2.24. The first kappa shape index (κ1) is 10.4. The Morgan fingerprint density at radius 2 is 2.38 bits per heavy atom. The van der Waals surface area contributed by atoms with E-state index in [1.54, 1.807) is 0 Å². The quantitative estimate of drug-likeness (QED) is 0.627. The third kappa shape index (κ3) is 2.94. The molecule has 1 heterocycles. The Kier molecular flexibility index (Phi) is 4.12. The summed E-state index contributed by atoms with van der Waals surface area (Å²) in [4.78, 5) is 11.3. The van der Waals surface area contributed by atoms with Crippen molar-refractivity contribution in [1.29, 1.82) is 0 Å². The van der Waals surface area contributed by atoms with Gasteiger partial charge < -0.3 is 9.73 Å². The van der Waals surface area contributed by atoms with Crippen LogP contribution in [0.15, 0.2) is 16.7 Å². The third-order valence-electron chi connectivity index (χ3n) is 1.46. The molecule has 1 N–H and O–H groups in total. The minimum Gasteiger partial charge on any atom is -0.452 e. The van der Waals surface area contributed by atoms with E-state index in [2.05, 4.69) is 5.32 Å². The van der Waals surface area contributed by atoms with Crippen molar-refractivity contribution in [3.05, 3.63) is 23.1 Å². The summed E-state index contributed by atoms with van der Waals surface area (Å²) in [5, 5.41) is 2.77. The fraction of sp³-hybridized carbons (Fsp3) is 0.375. The molecule has 5 heteroatoms. The maximum Gasteiger partial charge on any atom is 0.256 e. The summed E-state index contributed by atoms with van der Waals surface area (Å²) in [5.74, 6) is 0.295. The normalized spacial score (nSPS) is 10.0. The summed E-state index contributed by atoms with van der Waals surface area (Å²) >= 11 is 11.0. The van der Waals surface area contributed by atoms with Gasteiger partial charge in [0.05, 0.1) is 11.8 Å². The van der Waals surface area contributed by atoms with Gasteiger partial charge in [0.1, 0.15) is 0 Å². The number of carbonyl (C=O) groups excluding carboxylic acids is 1. The molecule has 0 aliphatic rings. The highest BCUT2D eigenvalue weighted by molar-refractivity contribution is 6.32. The number of furan rings is 1. The minimum absolute atomic E-state index is 0.114. The van der Waals surface area contributed by atoms with Crippen LogP contribution in [0.1, 0.15) is 16.8 Å². The molecule has 1 aromatic heterocycles. The molecule has 0 saturated carbocycles. The molecule has 0 bridgehead atoms. The summed E-state index contributed by atoms with van der Waals surface area (Å²) < 4.78 is 4.77. The van der Waals surface area contributed by atoms with E-state index in [9.17, 15) is 4.79 Å². The molecule has 0 aliphatic heterocycles. The highest BCUT2D eigenvalue weighted by Crippen LogP contribution is 2.15. The summed E-state index contributed by atoms with van der Waals surface area (Å²) in [6.07, 6.45) is 2.11. The van der Waals surface area contributed by atoms with Crippen LogP contribution in [0.2, 0.25) is 5.22 Å². The molecule has 0 atom stereocenters. The number of rotatable bonds is 4. The van der Waals surface area contributed by atoms with Crippen LogP contribution in [-0.4, -0.2) is 18.3 Å². The minimum atomic E-state index is -0.233. The van der Waals surface area contributed by atoms with E-state index in [0.717, 1.165) is 6.42 Å². The number of amides is 1. The van der Waals surface area contributed by atoms with E-state index in [1.165, 1.54) is 12.3 Å². The van der Waals surface area contributed by atoms with Gasteiger partial charge in [0.25, 0.3) is 5.91 Å². The Balaban J connectivity index is 2.45. The van der Waals surface area contributed by atoms with Gasteiger partial charge >= 0.3 is 0 Å². The first-order chi connectivity index (χ1) is 6.25. The topological polar surface area (TPSA) is 42.2 Å². The van der Waals surface area contributed by atoms with E-state index in [1.807, 2.05) is 0 Å². The lowest BCUT2D eigenvalue weighted by Gasteiger charge is -2.00. The van der Waals surface area contributed by atoms with Gasteiger partial charge in [-0.3, -0.25) is 4.79 Å². The second-order valence-electron chi connectivity index (χ2n) is 2.41. The Morgan fingerprint density at radius 3 is 2.92 bits per heavy atom. The summed E-state index contributed by atoms with van der Waals surface area (Å²) in [5.41, 5.74) is 0.358. The van der Waals surface area contributed by atoms with Crippen LogP contribution in [0.5, 0.6) is 0 Å². The van der Waals surface area contributed by atoms with Crippen molar-refractivity contribution in [2.24, 2.45) is 0 Å². The summed E-state index contributed by atoms with van der Waals surface area (Å²) in [6.45, 7) is 0.545. The van der Waals surface area contributed by atoms with Gasteiger partial charge in [0.15, 0.2) is 0 Å². The molecule has 1 amide bonds. The molecule has 13 heavy (non-hydrogen) atoms. The van der Waals surface area contributed by atoms with Crippen LogP contribution < -0.4 is 5.32 Å². The Labute approximate surface area is 86.0 Å². The fourth-order valence-electron chi connectivity index (χ4n) is 0.820. The smallest absolute Gasteiger partial charge is 0.256 e. The average molecular weight is 222 g/mol. The monoisotopic (exact) mass is 221 g/mol. The molecule has 0 spiro atoms. The number of hydrogen-bond acceptors (Lipinski definition) is 2. The standard InChI is InChI=1S/C8H9Cl2NO2/c9-3-1-4-11-8(12)6-2-5-13-7(6)10/h2,5H,1,3-4H2,(H,11,12). The van der Waals surface area contributed by atoms with Gasteiger partial charge in [0.2, 0.25) is 5.22 Å². The zero-order chi connectivity index (χ0) is 9.68. The highest BCUT2D eigenvalue weighted by Gasteiger charge is 2.11. The molecular weight excluding hydrogens is 213 g/mol. The molecule has 0 fully saturated rings. The molecule has 1 rings (SSSR count). The van der Waals surface area contributed by atoms with Crippen LogP contribution in [0.4, 0.5) is 0 Å². The van der Waals surface area contributed by atoms with Crippen molar-refractivity contribution < 1.29 is 9.21 Å². The van der Waals surface area contributed by atoms with E-state index in [0.29, 0.717) is 18.0 Å². The second-order valence-corrected chi connectivity index (χ2v) is 3.13. The van der Waals surface area contributed by atoms with Gasteiger partial charge in [0, 0.05) is 12.4 Å². The Bertz CT molecular complexity index is 285. The first-order valence-corrected chi connectivity index (χ1v) is 4.74. The van der Waals surface area contributed by atoms with Crippen LogP contribution in [0, 0.1) is 0 Å². The van der Waals surface area contributed by atoms with Gasteiger partial charge in [-0.2, -0.15) is 0 Å². The molecule has 0 aliphatic carbocycles. The van der Waals surface area contributed by atoms with Gasteiger partial charge in [-0.15, -0.1) is 11.6 Å². The zero-order valence-corrected chi connectivity index (χ0v) is 8.36. The Hall–Kier alpha value is -0.670. The van der Waals surface area contributed by atoms with Crippen molar-refractivity contribution in [2.45, 2.75) is 6.42 Å². The molecule has 3 nitrogen and oxygen atoms in total. The van der Waals surface area contributed by atoms with Crippen molar-refractivity contribution in [1.82, 2.24) is 5.32 Å². The molecule has 0 aromatic carbocycles. The zero-order valence-electron chi connectivity index (χ0n) is 6.85. The van der Waals surface area contributed by atoms with Gasteiger partial charge in [-0.1, -0.05) is 0 Å². The molecule has 0 unspecified atom stereocenters. The lowest BCUT2D eigenvalue weighted by molar-refractivity contribution is 0.0953. The van der Waals surface area contributed by atoms with Crippen LogP contribution in [0.25, 0.3) is 0 Å². The number of hydrogen-bond donors (Lipinski definition) is 1. The molecule has 0 radical (unpaired) electrons. The maximum atomic E-state index is 11.3. The van der Waals surface area contributed by atoms with Crippen LogP contribution in [0.3, 0.4) is 0 Å². The summed E-state index contributed by atoms with van der Waals surface area (Å²) in [7, 11) is 0. The average Bonchev–Trinajstić information content (AvgIpc) is 2.52. The fourth-order valence-corrected chi connectivity index (χ4v) is 1.15. The molecule has 72 valence electrons. The van der Waals surface area contributed by atoms with Crippen molar-refractivity contribution in [3.63, 3.8) is 0 Å². The third-order valence-corrected chi connectivity index (χ3v) is 2.02. The van der Waals surface area contributed by atoms with E-state index < -0.39 is 0 Å². The molecule has 1 aromatic rings. The van der Waals surface area contributed by atoms with Crippen molar-refractivity contribution in [3.8, 4) is 0 Å². The van der Waals surface area contributed by atoms with Gasteiger partial charge in [-0.25, -0.2) is 0 Å². The number of nitrogens with one attached hydrogen (secondary N) is 1. The van der Waals surface area contributed by atoms with Crippen LogP contribution in [-0.2, 0) is 0 Å². The maximum absolute atomic E-state index is 11.3. The number of alkyl halides is 1. The van der Waals surface area contributed by atoms with Crippen molar-refractivity contribution in [2.75, 3.05) is 12.4 Å². The summed E-state index contributed by atoms with van der Waals surface area (Å²) in [6, 6.07) is 1.53. The number of halogens is 2. The van der Waals surface area contributed by atoms with Crippen molar-refractivity contribution >= 4 is 29.1 Å². The Morgan fingerprint density at radius 1 is 1.62 bits per heavy atom. The molecule has 0 saturated heterocycles. The van der Waals surface area contributed by atoms with E-state index in [4.69, 9.17) is 27.6 Å². The van der Waals surface area contributed by atoms with Crippen LogP contribution >= 0.6 is 23.2 Å². The lowest BCUT2D eigenvalue weighted by atomic mass is 10.3. The SMILES string of the molecule is O=C(NCCCCl)c1ccoc1Cl. The molecular formula is C8H9Cl2NO2. The first-order valence-electron chi connectivity index (χ1n) is 3.83. The number of carbonyl (C=O) groups is 1. The predicted octanol–water partition coefficient (Wildman–Crippen LogP) is 2.29.